The summed E-state index contributed by atoms with van der Waals surface area (Å²) in [4.78, 5) is 25.0. The zero-order valence-electron chi connectivity index (χ0n) is 16.0. The summed E-state index contributed by atoms with van der Waals surface area (Å²) < 4.78 is 30.6. The highest BCUT2D eigenvalue weighted by atomic mass is 35.5. The molecule has 0 spiro atoms. The number of rotatable bonds is 7. The van der Waals surface area contributed by atoms with E-state index in [1.807, 2.05) is 0 Å². The number of amides is 1. The van der Waals surface area contributed by atoms with Crippen LogP contribution in [0.3, 0.4) is 0 Å². The van der Waals surface area contributed by atoms with Crippen LogP contribution in [-0.4, -0.2) is 17.6 Å². The van der Waals surface area contributed by atoms with Crippen LogP contribution in [0.15, 0.2) is 78.9 Å². The third-order valence-corrected chi connectivity index (χ3v) is 4.80. The number of nitrogens with one attached hydrogen (secondary N) is 2. The Bertz CT molecular complexity index is 1020. The van der Waals surface area contributed by atoms with Gasteiger partial charge in [-0.05, 0) is 36.8 Å². The number of hydrogen-bond acceptors (Lipinski definition) is 3. The van der Waals surface area contributed by atoms with E-state index >= 15 is 8.78 Å². The molecular weight excluding hydrogens is 410 g/mol. The number of hydrazine groups is 1. The number of carbonyl (C=O) groups excluding carboxylic acids is 2. The van der Waals surface area contributed by atoms with Gasteiger partial charge in [-0.1, -0.05) is 71.8 Å². The molecule has 30 heavy (non-hydrogen) atoms. The first-order valence-electron chi connectivity index (χ1n) is 9.14. The van der Waals surface area contributed by atoms with E-state index in [2.05, 4.69) is 10.9 Å². The highest BCUT2D eigenvalue weighted by Crippen LogP contribution is 2.35. The smallest absolute Gasteiger partial charge is 0.287 e. The summed E-state index contributed by atoms with van der Waals surface area (Å²) in [5.74, 6) is -5.82. The van der Waals surface area contributed by atoms with Crippen molar-refractivity contribution in [2.75, 3.05) is 0 Å². The van der Waals surface area contributed by atoms with Gasteiger partial charge in [-0.3, -0.25) is 15.0 Å². The van der Waals surface area contributed by atoms with Crippen LogP contribution in [0, 0.1) is 6.92 Å². The van der Waals surface area contributed by atoms with E-state index in [1.165, 1.54) is 36.4 Å². The summed E-state index contributed by atoms with van der Waals surface area (Å²) in [6.45, 7) is 1.80. The van der Waals surface area contributed by atoms with E-state index in [9.17, 15) is 9.59 Å². The Morgan fingerprint density at radius 1 is 0.867 bits per heavy atom. The fourth-order valence-electron chi connectivity index (χ4n) is 2.87. The summed E-state index contributed by atoms with van der Waals surface area (Å²) in [7, 11) is 0. The van der Waals surface area contributed by atoms with Crippen molar-refractivity contribution in [2.24, 2.45) is 0 Å². The summed E-state index contributed by atoms with van der Waals surface area (Å²) in [5.41, 5.74) is 5.72. The first-order valence-corrected chi connectivity index (χ1v) is 9.52. The molecule has 0 fully saturated rings. The van der Waals surface area contributed by atoms with Crippen molar-refractivity contribution in [2.45, 2.75) is 18.9 Å². The fraction of sp³-hybridized carbons (Fsp3) is 0.130. The normalized spacial score (nSPS) is 12.3. The van der Waals surface area contributed by atoms with E-state index in [0.29, 0.717) is 5.02 Å². The molecule has 0 unspecified atom stereocenters. The molecule has 0 radical (unpaired) electrons. The molecule has 3 aromatic rings. The molecule has 2 N–H and O–H groups in total. The van der Waals surface area contributed by atoms with Gasteiger partial charge in [-0.2, -0.15) is 8.78 Å². The molecule has 0 bridgehead atoms. The van der Waals surface area contributed by atoms with Crippen LogP contribution in [-0.2, 0) is 0 Å². The quantitative estimate of drug-likeness (QED) is 0.404. The van der Waals surface area contributed by atoms with Gasteiger partial charge >= 0.3 is 5.92 Å². The Morgan fingerprint density at radius 2 is 1.47 bits per heavy atom. The number of ketones is 1. The van der Waals surface area contributed by atoms with Crippen molar-refractivity contribution in [1.29, 1.82) is 0 Å². The second-order valence-corrected chi connectivity index (χ2v) is 7.20. The minimum atomic E-state index is -3.85. The molecule has 7 heteroatoms. The number of Topliss-reactive ketones (excluding diaryl/α,β-unsaturated/α-hetero) is 1. The number of benzene rings is 3. The van der Waals surface area contributed by atoms with Gasteiger partial charge in [0.2, 0.25) is 5.78 Å². The van der Waals surface area contributed by atoms with E-state index in [4.69, 9.17) is 11.6 Å². The van der Waals surface area contributed by atoms with E-state index < -0.39 is 23.7 Å². The Kier molecular flexibility index (Phi) is 6.59. The predicted molar refractivity (Wildman–Crippen MR) is 112 cm³/mol. The van der Waals surface area contributed by atoms with E-state index in [1.54, 1.807) is 49.4 Å². The average Bonchev–Trinajstić information content (AvgIpc) is 2.75. The first kappa shape index (κ1) is 21.6. The lowest BCUT2D eigenvalue weighted by molar-refractivity contribution is -0.0194. The Labute approximate surface area is 177 Å². The number of aryl methyl sites for hydroxylation is 1. The van der Waals surface area contributed by atoms with Gasteiger partial charge in [-0.15, -0.1) is 0 Å². The second-order valence-electron chi connectivity index (χ2n) is 6.77. The lowest BCUT2D eigenvalue weighted by Gasteiger charge is -2.27. The Balaban J connectivity index is 1.89. The van der Waals surface area contributed by atoms with Crippen LogP contribution in [0.1, 0.15) is 37.9 Å². The van der Waals surface area contributed by atoms with Crippen molar-refractivity contribution in [3.05, 3.63) is 106 Å². The zero-order valence-corrected chi connectivity index (χ0v) is 16.8. The van der Waals surface area contributed by atoms with Gasteiger partial charge in [0.05, 0.1) is 0 Å². The molecule has 3 rings (SSSR count). The SMILES string of the molecule is Cc1ccc(C(=O)C(F)(F)[C@@H](NNC(=O)c2ccccc2)c2ccc(Cl)cc2)cc1. The predicted octanol–water partition coefficient (Wildman–Crippen LogP) is 5.14. The lowest BCUT2D eigenvalue weighted by atomic mass is 9.94. The van der Waals surface area contributed by atoms with Crippen LogP contribution in [0.5, 0.6) is 0 Å². The largest absolute Gasteiger partial charge is 0.330 e. The van der Waals surface area contributed by atoms with Gasteiger partial charge < -0.3 is 0 Å². The molecule has 0 saturated carbocycles. The zero-order chi connectivity index (χ0) is 21.7. The Hall–Kier alpha value is -3.09. The summed E-state index contributed by atoms with van der Waals surface area (Å²) >= 11 is 5.87. The van der Waals surface area contributed by atoms with Gasteiger partial charge in [0.25, 0.3) is 5.91 Å². The molecule has 1 atom stereocenters. The molecule has 154 valence electrons. The molecule has 0 heterocycles. The molecule has 0 aromatic heterocycles. The highest BCUT2D eigenvalue weighted by Gasteiger charge is 2.48. The lowest BCUT2D eigenvalue weighted by Crippen LogP contribution is -2.50. The maximum absolute atomic E-state index is 15.3. The Morgan fingerprint density at radius 3 is 2.07 bits per heavy atom. The van der Waals surface area contributed by atoms with Crippen LogP contribution in [0.25, 0.3) is 0 Å². The maximum Gasteiger partial charge on any atom is 0.330 e. The summed E-state index contributed by atoms with van der Waals surface area (Å²) in [6, 6.07) is 17.8. The minimum Gasteiger partial charge on any atom is -0.287 e. The van der Waals surface area contributed by atoms with Crippen molar-refractivity contribution >= 4 is 23.3 Å². The third-order valence-electron chi connectivity index (χ3n) is 4.55. The number of alkyl halides is 2. The fourth-order valence-corrected chi connectivity index (χ4v) is 2.99. The molecule has 0 aliphatic carbocycles. The van der Waals surface area contributed by atoms with Gasteiger partial charge in [0.15, 0.2) is 0 Å². The molecule has 1 amide bonds. The maximum atomic E-state index is 15.3. The minimum absolute atomic E-state index is 0.0956. The van der Waals surface area contributed by atoms with Crippen LogP contribution < -0.4 is 10.9 Å². The number of halogens is 3. The van der Waals surface area contributed by atoms with E-state index in [0.717, 1.165) is 5.56 Å². The average molecular weight is 429 g/mol. The topological polar surface area (TPSA) is 58.2 Å². The number of hydrogen-bond donors (Lipinski definition) is 2. The standard InChI is InChI=1S/C23H19ClF2N2O2/c1-15-7-9-17(10-8-15)21(29)23(25,26)20(16-11-13-19(24)14-12-16)27-28-22(30)18-5-3-2-4-6-18/h2-14,20,27H,1H3,(H,28,30)/t20-/m0/s1. The van der Waals surface area contributed by atoms with Crippen LogP contribution in [0.2, 0.25) is 5.02 Å². The first-order chi connectivity index (χ1) is 14.3. The van der Waals surface area contributed by atoms with Gasteiger partial charge in [0.1, 0.15) is 6.04 Å². The number of carbonyl (C=O) groups is 2. The molecule has 0 aliphatic rings. The second kappa shape index (κ2) is 9.15. The van der Waals surface area contributed by atoms with Gasteiger partial charge in [0, 0.05) is 16.1 Å². The van der Waals surface area contributed by atoms with Crippen molar-refractivity contribution in [3.63, 3.8) is 0 Å². The van der Waals surface area contributed by atoms with Crippen molar-refractivity contribution < 1.29 is 18.4 Å². The van der Waals surface area contributed by atoms with Gasteiger partial charge in [-0.25, -0.2) is 5.43 Å². The van der Waals surface area contributed by atoms with E-state index in [-0.39, 0.29) is 16.7 Å². The van der Waals surface area contributed by atoms with Crippen molar-refractivity contribution in [1.82, 2.24) is 10.9 Å². The molecule has 4 nitrogen and oxygen atoms in total. The third kappa shape index (κ3) is 4.90. The van der Waals surface area contributed by atoms with Crippen LogP contribution >= 0.6 is 11.6 Å². The monoisotopic (exact) mass is 428 g/mol. The van der Waals surface area contributed by atoms with Crippen molar-refractivity contribution in [3.8, 4) is 0 Å². The van der Waals surface area contributed by atoms with Crippen LogP contribution in [0.4, 0.5) is 8.78 Å². The molecular formula is C23H19ClF2N2O2. The summed E-state index contributed by atoms with van der Waals surface area (Å²) in [6.07, 6.45) is 0. The molecule has 0 aliphatic heterocycles. The highest BCUT2D eigenvalue weighted by molar-refractivity contribution is 6.30. The molecule has 0 saturated heterocycles. The molecule has 3 aromatic carbocycles. The summed E-state index contributed by atoms with van der Waals surface area (Å²) in [5, 5.41) is 0.360.